The van der Waals surface area contributed by atoms with Gasteiger partial charge in [-0.3, -0.25) is 9.89 Å². The van der Waals surface area contributed by atoms with Gasteiger partial charge in [0.15, 0.2) is 0 Å². The number of hydrogen-bond acceptors (Lipinski definition) is 4. The summed E-state index contributed by atoms with van der Waals surface area (Å²) in [4.78, 5) is 15.8. The zero-order valence-corrected chi connectivity index (χ0v) is 9.97. The lowest BCUT2D eigenvalue weighted by atomic mass is 10.1. The van der Waals surface area contributed by atoms with Crippen LogP contribution in [0.1, 0.15) is 21.7 Å². The molecule has 1 aromatic heterocycles. The summed E-state index contributed by atoms with van der Waals surface area (Å²) in [6.45, 7) is 2.30. The van der Waals surface area contributed by atoms with Crippen molar-refractivity contribution >= 4 is 5.91 Å². The van der Waals surface area contributed by atoms with Crippen LogP contribution in [-0.2, 0) is 6.42 Å². The molecule has 1 heterocycles. The van der Waals surface area contributed by atoms with Gasteiger partial charge in [0, 0.05) is 13.0 Å². The van der Waals surface area contributed by atoms with Crippen LogP contribution in [0.3, 0.4) is 0 Å². The highest BCUT2D eigenvalue weighted by Crippen LogP contribution is 2.17. The molecule has 0 fully saturated rings. The molecule has 94 valence electrons. The Kier molecular flexibility index (Phi) is 3.57. The van der Waals surface area contributed by atoms with Crippen LogP contribution < -0.4 is 5.32 Å². The van der Waals surface area contributed by atoms with Crippen molar-refractivity contribution in [1.29, 1.82) is 0 Å². The standard InChI is InChI=1S/C12H14N4O2/c1-8-2-3-10(17)9(6-8)12(18)13-5-4-11-14-7-15-16-11/h2-3,6-7,17H,4-5H2,1H3,(H,13,18)(H,14,15,16). The maximum absolute atomic E-state index is 11.8. The number of nitrogens with one attached hydrogen (secondary N) is 2. The molecule has 3 N–H and O–H groups in total. The van der Waals surface area contributed by atoms with Gasteiger partial charge in [0.2, 0.25) is 0 Å². The summed E-state index contributed by atoms with van der Waals surface area (Å²) >= 11 is 0. The molecule has 0 spiro atoms. The zero-order chi connectivity index (χ0) is 13.0. The number of phenolic OH excluding ortho intramolecular Hbond substituents is 1. The van der Waals surface area contributed by atoms with Gasteiger partial charge in [-0.25, -0.2) is 4.98 Å². The number of benzene rings is 1. The number of phenols is 1. The molecular formula is C12H14N4O2. The summed E-state index contributed by atoms with van der Waals surface area (Å²) in [5, 5.41) is 18.7. The third kappa shape index (κ3) is 2.85. The van der Waals surface area contributed by atoms with Gasteiger partial charge in [-0.2, -0.15) is 5.10 Å². The van der Waals surface area contributed by atoms with E-state index in [1.54, 1.807) is 12.1 Å². The van der Waals surface area contributed by atoms with E-state index in [-0.39, 0.29) is 17.2 Å². The smallest absolute Gasteiger partial charge is 0.255 e. The first-order chi connectivity index (χ1) is 8.66. The molecule has 0 saturated heterocycles. The predicted octanol–water partition coefficient (Wildman–Crippen LogP) is 0.791. The average molecular weight is 246 g/mol. The molecule has 0 unspecified atom stereocenters. The molecular weight excluding hydrogens is 232 g/mol. The van der Waals surface area contributed by atoms with Crippen LogP contribution >= 0.6 is 0 Å². The van der Waals surface area contributed by atoms with Crippen molar-refractivity contribution < 1.29 is 9.90 Å². The van der Waals surface area contributed by atoms with Crippen LogP contribution in [0.4, 0.5) is 0 Å². The first kappa shape index (κ1) is 12.1. The van der Waals surface area contributed by atoms with E-state index in [0.29, 0.717) is 18.8 Å². The molecule has 1 amide bonds. The van der Waals surface area contributed by atoms with Crippen molar-refractivity contribution in [3.8, 4) is 5.75 Å². The molecule has 0 aliphatic carbocycles. The number of carbonyl (C=O) groups is 1. The number of aromatic nitrogens is 3. The molecule has 2 rings (SSSR count). The largest absolute Gasteiger partial charge is 0.507 e. The Balaban J connectivity index is 1.93. The maximum atomic E-state index is 11.8. The van der Waals surface area contributed by atoms with E-state index < -0.39 is 0 Å². The van der Waals surface area contributed by atoms with Crippen LogP contribution in [-0.4, -0.2) is 32.7 Å². The number of nitrogens with zero attached hydrogens (tertiary/aromatic N) is 2. The topological polar surface area (TPSA) is 90.9 Å². The minimum Gasteiger partial charge on any atom is -0.507 e. The third-order valence-electron chi connectivity index (χ3n) is 2.51. The molecule has 0 bridgehead atoms. The Hall–Kier alpha value is -2.37. The van der Waals surface area contributed by atoms with Crippen LogP contribution in [0.5, 0.6) is 5.75 Å². The fraction of sp³-hybridized carbons (Fsp3) is 0.250. The van der Waals surface area contributed by atoms with E-state index in [0.717, 1.165) is 5.56 Å². The summed E-state index contributed by atoms with van der Waals surface area (Å²) in [7, 11) is 0. The van der Waals surface area contributed by atoms with E-state index in [1.807, 2.05) is 6.92 Å². The first-order valence-corrected chi connectivity index (χ1v) is 5.59. The third-order valence-corrected chi connectivity index (χ3v) is 2.51. The number of rotatable bonds is 4. The lowest BCUT2D eigenvalue weighted by Crippen LogP contribution is -2.26. The fourth-order valence-corrected chi connectivity index (χ4v) is 1.57. The second-order valence-corrected chi connectivity index (χ2v) is 3.96. The van der Waals surface area contributed by atoms with E-state index in [1.165, 1.54) is 12.4 Å². The van der Waals surface area contributed by atoms with Gasteiger partial charge in [-0.15, -0.1) is 0 Å². The monoisotopic (exact) mass is 246 g/mol. The number of amides is 1. The van der Waals surface area contributed by atoms with Crippen molar-refractivity contribution in [2.75, 3.05) is 6.54 Å². The van der Waals surface area contributed by atoms with Crippen molar-refractivity contribution in [1.82, 2.24) is 20.5 Å². The van der Waals surface area contributed by atoms with Crippen molar-refractivity contribution in [2.45, 2.75) is 13.3 Å². The van der Waals surface area contributed by atoms with Crippen LogP contribution in [0.2, 0.25) is 0 Å². The van der Waals surface area contributed by atoms with Gasteiger partial charge in [0.05, 0.1) is 5.56 Å². The Morgan fingerprint density at radius 2 is 2.33 bits per heavy atom. The molecule has 6 heteroatoms. The van der Waals surface area contributed by atoms with Crippen molar-refractivity contribution in [3.05, 3.63) is 41.5 Å². The quantitative estimate of drug-likeness (QED) is 0.744. The number of hydrogen-bond donors (Lipinski definition) is 3. The van der Waals surface area contributed by atoms with Gasteiger partial charge in [0.25, 0.3) is 5.91 Å². The van der Waals surface area contributed by atoms with E-state index in [4.69, 9.17) is 0 Å². The molecule has 0 aliphatic heterocycles. The maximum Gasteiger partial charge on any atom is 0.255 e. The Morgan fingerprint density at radius 3 is 3.06 bits per heavy atom. The predicted molar refractivity (Wildman–Crippen MR) is 65.3 cm³/mol. The highest BCUT2D eigenvalue weighted by Gasteiger charge is 2.10. The summed E-state index contributed by atoms with van der Waals surface area (Å²) in [6.07, 6.45) is 1.99. The molecule has 0 saturated carbocycles. The molecule has 18 heavy (non-hydrogen) atoms. The average Bonchev–Trinajstić information content (AvgIpc) is 2.85. The van der Waals surface area contributed by atoms with Crippen molar-refractivity contribution in [3.63, 3.8) is 0 Å². The first-order valence-electron chi connectivity index (χ1n) is 5.59. The lowest BCUT2D eigenvalue weighted by molar-refractivity contribution is 0.0951. The second kappa shape index (κ2) is 5.31. The molecule has 0 atom stereocenters. The van der Waals surface area contributed by atoms with Crippen molar-refractivity contribution in [2.24, 2.45) is 0 Å². The molecule has 6 nitrogen and oxygen atoms in total. The zero-order valence-electron chi connectivity index (χ0n) is 9.97. The van der Waals surface area contributed by atoms with Gasteiger partial charge in [-0.1, -0.05) is 11.6 Å². The van der Waals surface area contributed by atoms with Gasteiger partial charge >= 0.3 is 0 Å². The highest BCUT2D eigenvalue weighted by atomic mass is 16.3. The minimum atomic E-state index is -0.296. The van der Waals surface area contributed by atoms with Gasteiger partial charge in [0.1, 0.15) is 17.9 Å². The van der Waals surface area contributed by atoms with E-state index >= 15 is 0 Å². The van der Waals surface area contributed by atoms with Crippen LogP contribution in [0.25, 0.3) is 0 Å². The van der Waals surface area contributed by atoms with E-state index in [2.05, 4.69) is 20.5 Å². The molecule has 0 aliphatic rings. The molecule has 0 radical (unpaired) electrons. The Bertz CT molecular complexity index is 537. The SMILES string of the molecule is Cc1ccc(O)c(C(=O)NCCc2ncn[nH]2)c1. The fourth-order valence-electron chi connectivity index (χ4n) is 1.57. The summed E-state index contributed by atoms with van der Waals surface area (Å²) < 4.78 is 0. The summed E-state index contributed by atoms with van der Waals surface area (Å²) in [5.74, 6) is 0.400. The number of aromatic amines is 1. The minimum absolute atomic E-state index is 0.0160. The van der Waals surface area contributed by atoms with Crippen LogP contribution in [0, 0.1) is 6.92 Å². The van der Waals surface area contributed by atoms with E-state index in [9.17, 15) is 9.90 Å². The molecule has 1 aromatic carbocycles. The lowest BCUT2D eigenvalue weighted by Gasteiger charge is -2.06. The molecule has 2 aromatic rings. The number of aromatic hydroxyl groups is 1. The summed E-state index contributed by atoms with van der Waals surface area (Å²) in [6, 6.07) is 4.92. The Morgan fingerprint density at radius 1 is 1.50 bits per heavy atom. The number of carbonyl (C=O) groups excluding carboxylic acids is 1. The number of H-pyrrole nitrogens is 1. The summed E-state index contributed by atoms with van der Waals surface area (Å²) in [5.41, 5.74) is 1.21. The van der Waals surface area contributed by atoms with Crippen LogP contribution in [0.15, 0.2) is 24.5 Å². The van der Waals surface area contributed by atoms with Gasteiger partial charge in [-0.05, 0) is 19.1 Å². The van der Waals surface area contributed by atoms with Gasteiger partial charge < -0.3 is 10.4 Å². The Labute approximate surface area is 104 Å². The normalized spacial score (nSPS) is 10.3. The second-order valence-electron chi connectivity index (χ2n) is 3.96. The number of aryl methyl sites for hydroxylation is 1. The highest BCUT2D eigenvalue weighted by molar-refractivity contribution is 5.96.